The molecule has 3 aromatic rings. The van der Waals surface area contributed by atoms with Crippen molar-refractivity contribution in [2.24, 2.45) is 0 Å². The summed E-state index contributed by atoms with van der Waals surface area (Å²) < 4.78 is 6.47. The lowest BCUT2D eigenvalue weighted by Gasteiger charge is -2.29. The number of anilines is 2. The van der Waals surface area contributed by atoms with Crippen molar-refractivity contribution in [3.05, 3.63) is 47.1 Å². The maximum Gasteiger partial charge on any atom is 0.319 e. The predicted octanol–water partition coefficient (Wildman–Crippen LogP) is 3.16. The number of carbonyl (C=O) groups excluding carboxylic acids is 1. The Morgan fingerprint density at radius 2 is 2.15 bits per heavy atom. The number of hydrogen-bond acceptors (Lipinski definition) is 6. The van der Waals surface area contributed by atoms with E-state index in [-0.39, 0.29) is 6.03 Å². The number of pyridine rings is 1. The zero-order valence-corrected chi connectivity index (χ0v) is 15.9. The number of rotatable bonds is 4. The lowest BCUT2D eigenvalue weighted by Crippen LogP contribution is -2.38. The second-order valence-corrected chi connectivity index (χ2v) is 7.54. The van der Waals surface area contributed by atoms with Gasteiger partial charge in [0.05, 0.1) is 28.4 Å². The van der Waals surface area contributed by atoms with Crippen LogP contribution in [0.15, 0.2) is 36.5 Å². The second kappa shape index (κ2) is 7.89. The fraction of sp³-hybridized carbons (Fsp3) is 0.316. The molecule has 1 aliphatic rings. The summed E-state index contributed by atoms with van der Waals surface area (Å²) >= 11 is 1.61. The Balaban J connectivity index is 1.40. The summed E-state index contributed by atoms with van der Waals surface area (Å²) in [5, 5.41) is 6.82. The maximum atomic E-state index is 12.3. The van der Waals surface area contributed by atoms with E-state index >= 15 is 0 Å². The number of benzene rings is 1. The molecule has 2 aromatic heterocycles. The van der Waals surface area contributed by atoms with Crippen LogP contribution >= 0.6 is 11.3 Å². The maximum absolute atomic E-state index is 12.3. The van der Waals surface area contributed by atoms with Gasteiger partial charge in [-0.15, -0.1) is 11.3 Å². The molecule has 3 heterocycles. The van der Waals surface area contributed by atoms with Crippen LogP contribution in [0.3, 0.4) is 0 Å². The van der Waals surface area contributed by atoms with Gasteiger partial charge in [0, 0.05) is 37.1 Å². The lowest BCUT2D eigenvalue weighted by molar-refractivity contribution is 0.122. The first-order valence-electron chi connectivity index (χ1n) is 8.88. The quantitative estimate of drug-likeness (QED) is 0.723. The van der Waals surface area contributed by atoms with Gasteiger partial charge < -0.3 is 20.3 Å². The molecule has 140 valence electrons. The van der Waals surface area contributed by atoms with Crippen molar-refractivity contribution in [1.82, 2.24) is 15.3 Å². The molecule has 0 saturated carbocycles. The highest BCUT2D eigenvalue weighted by Crippen LogP contribution is 2.24. The van der Waals surface area contributed by atoms with Crippen LogP contribution in [0.5, 0.6) is 0 Å². The SMILES string of the molecule is Cc1nc2ccc(NC(=O)NCc3cccnc3N3CCOCC3)cc2s1. The van der Waals surface area contributed by atoms with E-state index < -0.39 is 0 Å². The highest BCUT2D eigenvalue weighted by molar-refractivity contribution is 7.18. The number of amides is 2. The van der Waals surface area contributed by atoms with Gasteiger partial charge in [0.15, 0.2) is 0 Å². The monoisotopic (exact) mass is 383 g/mol. The molecule has 1 aromatic carbocycles. The number of nitrogens with zero attached hydrogens (tertiary/aromatic N) is 3. The van der Waals surface area contributed by atoms with Gasteiger partial charge in [0.2, 0.25) is 0 Å². The normalized spacial score (nSPS) is 14.3. The van der Waals surface area contributed by atoms with Crippen molar-refractivity contribution in [1.29, 1.82) is 0 Å². The number of morpholine rings is 1. The number of aryl methyl sites for hydroxylation is 1. The van der Waals surface area contributed by atoms with Gasteiger partial charge in [-0.05, 0) is 31.2 Å². The van der Waals surface area contributed by atoms with Crippen LogP contribution in [0.25, 0.3) is 10.2 Å². The van der Waals surface area contributed by atoms with Crippen LogP contribution in [-0.4, -0.2) is 42.3 Å². The smallest absolute Gasteiger partial charge is 0.319 e. The molecule has 27 heavy (non-hydrogen) atoms. The number of thiazole rings is 1. The minimum absolute atomic E-state index is 0.243. The fourth-order valence-electron chi connectivity index (χ4n) is 3.10. The van der Waals surface area contributed by atoms with E-state index in [4.69, 9.17) is 4.74 Å². The van der Waals surface area contributed by atoms with Crippen LogP contribution < -0.4 is 15.5 Å². The molecule has 0 aliphatic carbocycles. The van der Waals surface area contributed by atoms with Crippen LogP contribution in [0.1, 0.15) is 10.6 Å². The molecule has 0 radical (unpaired) electrons. The molecule has 8 heteroatoms. The second-order valence-electron chi connectivity index (χ2n) is 6.31. The molecule has 0 spiro atoms. The Labute approximate surface area is 161 Å². The summed E-state index contributed by atoms with van der Waals surface area (Å²) in [6.07, 6.45) is 1.78. The topological polar surface area (TPSA) is 79.4 Å². The van der Waals surface area contributed by atoms with Gasteiger partial charge in [-0.25, -0.2) is 14.8 Å². The third-order valence-corrected chi connectivity index (χ3v) is 5.30. The first-order chi connectivity index (χ1) is 13.2. The molecular weight excluding hydrogens is 362 g/mol. The number of urea groups is 1. The standard InChI is InChI=1S/C19H21N5O2S/c1-13-22-16-5-4-15(11-17(16)27-13)23-19(25)21-12-14-3-2-6-20-18(14)24-7-9-26-10-8-24/h2-6,11H,7-10,12H2,1H3,(H2,21,23,25). The zero-order valence-electron chi connectivity index (χ0n) is 15.1. The van der Waals surface area contributed by atoms with Gasteiger partial charge in [0.25, 0.3) is 0 Å². The third kappa shape index (κ3) is 4.17. The largest absolute Gasteiger partial charge is 0.378 e. The minimum atomic E-state index is -0.243. The summed E-state index contributed by atoms with van der Waals surface area (Å²) in [6, 6.07) is 9.37. The van der Waals surface area contributed by atoms with E-state index in [2.05, 4.69) is 25.5 Å². The van der Waals surface area contributed by atoms with Crippen LogP contribution in [0.4, 0.5) is 16.3 Å². The molecule has 0 unspecified atom stereocenters. The first-order valence-corrected chi connectivity index (χ1v) is 9.69. The summed E-state index contributed by atoms with van der Waals surface area (Å²) in [7, 11) is 0. The number of nitrogens with one attached hydrogen (secondary N) is 2. The van der Waals surface area contributed by atoms with E-state index in [0.717, 1.165) is 45.4 Å². The van der Waals surface area contributed by atoms with Crippen molar-refractivity contribution < 1.29 is 9.53 Å². The Morgan fingerprint density at radius 3 is 3.00 bits per heavy atom. The van der Waals surface area contributed by atoms with Crippen LogP contribution in [0, 0.1) is 6.92 Å². The number of ether oxygens (including phenoxy) is 1. The Morgan fingerprint density at radius 1 is 1.30 bits per heavy atom. The molecule has 7 nitrogen and oxygen atoms in total. The van der Waals surface area contributed by atoms with Crippen LogP contribution in [0.2, 0.25) is 0 Å². The Bertz CT molecular complexity index is 952. The van der Waals surface area contributed by atoms with Gasteiger partial charge in [-0.2, -0.15) is 0 Å². The third-order valence-electron chi connectivity index (χ3n) is 4.37. The molecule has 2 N–H and O–H groups in total. The van der Waals surface area contributed by atoms with Crippen molar-refractivity contribution in [3.8, 4) is 0 Å². The molecule has 0 atom stereocenters. The number of carbonyl (C=O) groups is 1. The Kier molecular flexibility index (Phi) is 5.17. The number of hydrogen-bond donors (Lipinski definition) is 2. The highest BCUT2D eigenvalue weighted by Gasteiger charge is 2.16. The number of aromatic nitrogens is 2. The molecule has 0 bridgehead atoms. The van der Waals surface area contributed by atoms with E-state index in [1.54, 1.807) is 17.5 Å². The van der Waals surface area contributed by atoms with Gasteiger partial charge in [-0.1, -0.05) is 6.07 Å². The highest BCUT2D eigenvalue weighted by atomic mass is 32.1. The molecular formula is C19H21N5O2S. The van der Waals surface area contributed by atoms with Gasteiger partial charge >= 0.3 is 6.03 Å². The van der Waals surface area contributed by atoms with Crippen molar-refractivity contribution >= 4 is 39.1 Å². The molecule has 2 amide bonds. The van der Waals surface area contributed by atoms with Crippen LogP contribution in [-0.2, 0) is 11.3 Å². The molecule has 1 aliphatic heterocycles. The average Bonchev–Trinajstić information content (AvgIpc) is 3.06. The lowest BCUT2D eigenvalue weighted by atomic mass is 10.2. The van der Waals surface area contributed by atoms with Gasteiger partial charge in [0.1, 0.15) is 5.82 Å². The minimum Gasteiger partial charge on any atom is -0.378 e. The van der Waals surface area contributed by atoms with Gasteiger partial charge in [-0.3, -0.25) is 0 Å². The molecule has 1 saturated heterocycles. The van der Waals surface area contributed by atoms with Crippen molar-refractivity contribution in [2.75, 3.05) is 36.5 Å². The fourth-order valence-corrected chi connectivity index (χ4v) is 3.96. The zero-order chi connectivity index (χ0) is 18.6. The van der Waals surface area contributed by atoms with E-state index in [0.29, 0.717) is 19.8 Å². The predicted molar refractivity (Wildman–Crippen MR) is 107 cm³/mol. The summed E-state index contributed by atoms with van der Waals surface area (Å²) in [5.74, 6) is 0.905. The first kappa shape index (κ1) is 17.7. The molecule has 1 fully saturated rings. The van der Waals surface area contributed by atoms with E-state index in [1.165, 1.54) is 0 Å². The average molecular weight is 383 g/mol. The van der Waals surface area contributed by atoms with E-state index in [9.17, 15) is 4.79 Å². The Hall–Kier alpha value is -2.71. The van der Waals surface area contributed by atoms with E-state index in [1.807, 2.05) is 37.3 Å². The van der Waals surface area contributed by atoms with Crippen molar-refractivity contribution in [2.45, 2.75) is 13.5 Å². The summed E-state index contributed by atoms with van der Waals surface area (Å²) in [5.41, 5.74) is 2.69. The van der Waals surface area contributed by atoms with Crippen molar-refractivity contribution in [3.63, 3.8) is 0 Å². The summed E-state index contributed by atoms with van der Waals surface area (Å²) in [4.78, 5) is 23.4. The number of fused-ring (bicyclic) bond motifs is 1. The summed E-state index contributed by atoms with van der Waals surface area (Å²) in [6.45, 7) is 5.40. The molecule has 4 rings (SSSR count).